The first-order chi connectivity index (χ1) is 6.49. The van der Waals surface area contributed by atoms with Gasteiger partial charge >= 0.3 is 6.18 Å². The smallest absolute Gasteiger partial charge is 0.352 e. The minimum atomic E-state index is -4.25. The van der Waals surface area contributed by atoms with E-state index in [9.17, 15) is 18.0 Å². The summed E-state index contributed by atoms with van der Waals surface area (Å²) in [6.07, 6.45) is -2.73. The molecular weight excluding hydrogens is 199 g/mol. The van der Waals surface area contributed by atoms with Gasteiger partial charge in [-0.25, -0.2) is 0 Å². The number of hydrogen-bond donors (Lipinski definition) is 2. The predicted octanol–water partition coefficient (Wildman–Crippen LogP) is 1.09. The number of hydrogen-bond acceptors (Lipinski definition) is 2. The molecule has 0 spiro atoms. The minimum Gasteiger partial charge on any atom is -0.352 e. The molecule has 0 saturated carbocycles. The van der Waals surface area contributed by atoms with E-state index in [1.54, 1.807) is 0 Å². The average molecular weight is 207 g/mol. The second kappa shape index (κ2) is 4.12. The number of H-pyrrole nitrogens is 1. The molecule has 0 fully saturated rings. The summed E-state index contributed by atoms with van der Waals surface area (Å²) in [6, 6.07) is 0. The fraction of sp³-hybridized carbons (Fsp3) is 0.429. The van der Waals surface area contributed by atoms with E-state index < -0.39 is 25.0 Å². The van der Waals surface area contributed by atoms with Gasteiger partial charge in [0.1, 0.15) is 0 Å². The molecule has 1 heterocycles. The number of aromatic amines is 1. The zero-order valence-electron chi connectivity index (χ0n) is 7.06. The Morgan fingerprint density at radius 3 is 2.79 bits per heavy atom. The zero-order valence-corrected chi connectivity index (χ0v) is 7.06. The van der Waals surface area contributed by atoms with Crippen molar-refractivity contribution in [1.29, 1.82) is 0 Å². The molecule has 0 aliphatic heterocycles. The lowest BCUT2D eigenvalue weighted by atomic mass is 10.3. The van der Waals surface area contributed by atoms with Crippen molar-refractivity contribution < 1.29 is 18.0 Å². The molecule has 0 radical (unpaired) electrons. The van der Waals surface area contributed by atoms with E-state index in [-0.39, 0.29) is 5.56 Å². The van der Waals surface area contributed by atoms with Crippen LogP contribution in [0.15, 0.2) is 12.4 Å². The van der Waals surface area contributed by atoms with Crippen molar-refractivity contribution in [2.75, 3.05) is 6.54 Å². The molecule has 1 amide bonds. The maximum Gasteiger partial charge on any atom is 0.390 e. The van der Waals surface area contributed by atoms with Gasteiger partial charge in [0.15, 0.2) is 0 Å². The summed E-state index contributed by atoms with van der Waals surface area (Å²) in [5.74, 6) is -0.567. The van der Waals surface area contributed by atoms with E-state index >= 15 is 0 Å². The highest BCUT2D eigenvalue weighted by Gasteiger charge is 2.26. The van der Waals surface area contributed by atoms with Crippen LogP contribution >= 0.6 is 0 Å². The molecule has 7 heteroatoms. The quantitative estimate of drug-likeness (QED) is 0.779. The molecule has 0 aromatic carbocycles. The van der Waals surface area contributed by atoms with Crippen molar-refractivity contribution in [3.8, 4) is 0 Å². The number of rotatable bonds is 3. The zero-order chi connectivity index (χ0) is 10.6. The third-order valence-electron chi connectivity index (χ3n) is 1.45. The molecule has 1 rings (SSSR count). The minimum absolute atomic E-state index is 0.215. The summed E-state index contributed by atoms with van der Waals surface area (Å²) in [5, 5.41) is 8.00. The van der Waals surface area contributed by atoms with Crippen LogP contribution in [0.3, 0.4) is 0 Å². The van der Waals surface area contributed by atoms with Gasteiger partial charge in [-0.3, -0.25) is 9.89 Å². The molecule has 14 heavy (non-hydrogen) atoms. The highest BCUT2D eigenvalue weighted by molar-refractivity contribution is 5.93. The number of aromatic nitrogens is 2. The van der Waals surface area contributed by atoms with Crippen molar-refractivity contribution in [2.45, 2.75) is 12.6 Å². The predicted molar refractivity (Wildman–Crippen MR) is 41.6 cm³/mol. The summed E-state index contributed by atoms with van der Waals surface area (Å²) in [6.45, 7) is -0.423. The van der Waals surface area contributed by atoms with Crippen LogP contribution in [-0.2, 0) is 0 Å². The third kappa shape index (κ3) is 3.46. The van der Waals surface area contributed by atoms with Crippen LogP contribution in [0.2, 0.25) is 0 Å². The van der Waals surface area contributed by atoms with Crippen LogP contribution in [0.5, 0.6) is 0 Å². The summed E-state index contributed by atoms with van der Waals surface area (Å²) in [4.78, 5) is 11.1. The Hall–Kier alpha value is -1.53. The van der Waals surface area contributed by atoms with Gasteiger partial charge in [0.25, 0.3) is 5.91 Å². The Balaban J connectivity index is 2.30. The summed E-state index contributed by atoms with van der Waals surface area (Å²) >= 11 is 0. The average Bonchev–Trinajstić information content (AvgIpc) is 2.53. The molecule has 0 bridgehead atoms. The van der Waals surface area contributed by atoms with Crippen molar-refractivity contribution in [1.82, 2.24) is 15.5 Å². The van der Waals surface area contributed by atoms with Crippen LogP contribution < -0.4 is 5.32 Å². The number of carbonyl (C=O) groups is 1. The first-order valence-electron chi connectivity index (χ1n) is 3.83. The Morgan fingerprint density at radius 2 is 2.29 bits per heavy atom. The highest BCUT2D eigenvalue weighted by Crippen LogP contribution is 2.18. The Kier molecular flexibility index (Phi) is 3.10. The molecule has 78 valence electrons. The Labute approximate surface area is 77.5 Å². The fourth-order valence-corrected chi connectivity index (χ4v) is 0.795. The van der Waals surface area contributed by atoms with E-state index in [1.165, 1.54) is 12.4 Å². The highest BCUT2D eigenvalue weighted by atomic mass is 19.4. The maximum absolute atomic E-state index is 11.7. The first kappa shape index (κ1) is 10.6. The number of halogens is 3. The van der Waals surface area contributed by atoms with Crippen molar-refractivity contribution in [3.63, 3.8) is 0 Å². The van der Waals surface area contributed by atoms with Crippen LogP contribution in [0.25, 0.3) is 0 Å². The van der Waals surface area contributed by atoms with Crippen LogP contribution in [0.1, 0.15) is 16.8 Å². The number of nitrogens with zero attached hydrogens (tertiary/aromatic N) is 1. The Morgan fingerprint density at radius 1 is 1.57 bits per heavy atom. The largest absolute Gasteiger partial charge is 0.390 e. The maximum atomic E-state index is 11.7. The lowest BCUT2D eigenvalue weighted by Gasteiger charge is -2.06. The third-order valence-corrected chi connectivity index (χ3v) is 1.45. The topological polar surface area (TPSA) is 57.8 Å². The second-order valence-electron chi connectivity index (χ2n) is 2.61. The van der Waals surface area contributed by atoms with Gasteiger partial charge in [0.05, 0.1) is 18.2 Å². The van der Waals surface area contributed by atoms with Crippen LogP contribution in [0.4, 0.5) is 13.2 Å². The lowest BCUT2D eigenvalue weighted by Crippen LogP contribution is -2.27. The molecule has 2 N–H and O–H groups in total. The number of amides is 1. The van der Waals surface area contributed by atoms with Gasteiger partial charge in [0.2, 0.25) is 0 Å². The van der Waals surface area contributed by atoms with Crippen molar-refractivity contribution in [2.24, 2.45) is 0 Å². The van der Waals surface area contributed by atoms with E-state index in [2.05, 4.69) is 15.5 Å². The lowest BCUT2D eigenvalue weighted by molar-refractivity contribution is -0.132. The molecule has 0 aliphatic rings. The van der Waals surface area contributed by atoms with Gasteiger partial charge in [-0.05, 0) is 0 Å². The number of carbonyl (C=O) groups excluding carboxylic acids is 1. The molecule has 1 aromatic rings. The van der Waals surface area contributed by atoms with Crippen LogP contribution in [-0.4, -0.2) is 28.8 Å². The number of alkyl halides is 3. The molecule has 0 saturated heterocycles. The van der Waals surface area contributed by atoms with E-state index in [1.807, 2.05) is 0 Å². The molecule has 4 nitrogen and oxygen atoms in total. The fourth-order valence-electron chi connectivity index (χ4n) is 0.795. The monoisotopic (exact) mass is 207 g/mol. The van der Waals surface area contributed by atoms with E-state index in [4.69, 9.17) is 0 Å². The standard InChI is InChI=1S/C7H8F3N3O/c8-7(9,10)1-2-11-6(14)5-3-12-13-4-5/h3-4H,1-2H2,(H,11,14)(H,12,13). The van der Waals surface area contributed by atoms with Gasteiger partial charge < -0.3 is 5.32 Å². The molecule has 0 aliphatic carbocycles. The van der Waals surface area contributed by atoms with E-state index in [0.717, 1.165) is 0 Å². The molecule has 0 atom stereocenters. The van der Waals surface area contributed by atoms with Gasteiger partial charge in [-0.2, -0.15) is 18.3 Å². The van der Waals surface area contributed by atoms with Gasteiger partial charge in [0, 0.05) is 12.7 Å². The summed E-state index contributed by atoms with van der Waals surface area (Å²) in [5.41, 5.74) is 0.215. The molecule has 0 unspecified atom stereocenters. The number of nitrogens with one attached hydrogen (secondary N) is 2. The second-order valence-corrected chi connectivity index (χ2v) is 2.61. The van der Waals surface area contributed by atoms with E-state index in [0.29, 0.717) is 0 Å². The normalized spacial score (nSPS) is 11.4. The molecule has 1 aromatic heterocycles. The Bertz CT molecular complexity index is 294. The first-order valence-corrected chi connectivity index (χ1v) is 3.83. The van der Waals surface area contributed by atoms with Crippen LogP contribution in [0, 0.1) is 0 Å². The van der Waals surface area contributed by atoms with Gasteiger partial charge in [-0.1, -0.05) is 0 Å². The summed E-state index contributed by atoms with van der Waals surface area (Å²) in [7, 11) is 0. The summed E-state index contributed by atoms with van der Waals surface area (Å²) < 4.78 is 35.0. The van der Waals surface area contributed by atoms with Gasteiger partial charge in [-0.15, -0.1) is 0 Å². The van der Waals surface area contributed by atoms with Crippen molar-refractivity contribution in [3.05, 3.63) is 18.0 Å². The molecular formula is C7H8F3N3O. The SMILES string of the molecule is O=C(NCCC(F)(F)F)c1cn[nH]c1. The van der Waals surface area contributed by atoms with Crippen molar-refractivity contribution >= 4 is 5.91 Å².